The van der Waals surface area contributed by atoms with Gasteiger partial charge in [0, 0.05) is 0 Å². The number of anilines is 1. The first-order chi connectivity index (χ1) is 13.5. The van der Waals surface area contributed by atoms with Gasteiger partial charge in [0.05, 0.1) is 19.9 Å². The molecule has 0 saturated heterocycles. The third kappa shape index (κ3) is 5.25. The molecule has 0 aliphatic heterocycles. The van der Waals surface area contributed by atoms with Gasteiger partial charge in [-0.3, -0.25) is 9.59 Å². The number of carbonyl (C=O) groups is 2. The second-order valence-corrected chi connectivity index (χ2v) is 5.48. The molecule has 3 N–H and O–H groups in total. The SMILES string of the molecule is COc1ccccc1NC(=O)COc1ccc(/C=C(/C#N)C(N)=O)cc1OC. The number of benzene rings is 2. The van der Waals surface area contributed by atoms with Crippen LogP contribution >= 0.6 is 0 Å². The number of hydrogen-bond acceptors (Lipinski definition) is 6. The summed E-state index contributed by atoms with van der Waals surface area (Å²) < 4.78 is 15.9. The fraction of sp³-hybridized carbons (Fsp3) is 0.150. The number of nitriles is 1. The minimum absolute atomic E-state index is 0.188. The van der Waals surface area contributed by atoms with Crippen LogP contribution in [0.5, 0.6) is 17.2 Å². The van der Waals surface area contributed by atoms with Gasteiger partial charge in [-0.1, -0.05) is 18.2 Å². The Morgan fingerprint density at radius 1 is 1.11 bits per heavy atom. The van der Waals surface area contributed by atoms with Gasteiger partial charge in [-0.25, -0.2) is 0 Å². The Morgan fingerprint density at radius 3 is 2.46 bits per heavy atom. The van der Waals surface area contributed by atoms with Crippen LogP contribution < -0.4 is 25.3 Å². The Labute approximate surface area is 162 Å². The molecule has 0 aliphatic rings. The van der Waals surface area contributed by atoms with Crippen LogP contribution in [0.4, 0.5) is 5.69 Å². The first-order valence-corrected chi connectivity index (χ1v) is 8.13. The van der Waals surface area contributed by atoms with Crippen molar-refractivity contribution in [3.8, 4) is 23.3 Å². The largest absolute Gasteiger partial charge is 0.495 e. The van der Waals surface area contributed by atoms with Crippen LogP contribution in [0.1, 0.15) is 5.56 Å². The van der Waals surface area contributed by atoms with E-state index in [1.54, 1.807) is 48.5 Å². The smallest absolute Gasteiger partial charge is 0.262 e. The van der Waals surface area contributed by atoms with Crippen molar-refractivity contribution in [2.75, 3.05) is 26.1 Å². The van der Waals surface area contributed by atoms with Gasteiger partial charge in [0.2, 0.25) is 0 Å². The number of para-hydroxylation sites is 2. The van der Waals surface area contributed by atoms with Crippen LogP contribution in [-0.2, 0) is 9.59 Å². The van der Waals surface area contributed by atoms with Gasteiger partial charge in [0.25, 0.3) is 11.8 Å². The first-order valence-electron chi connectivity index (χ1n) is 8.13. The number of carbonyl (C=O) groups excluding carboxylic acids is 2. The summed E-state index contributed by atoms with van der Waals surface area (Å²) in [5.41, 5.74) is 5.99. The van der Waals surface area contributed by atoms with E-state index in [9.17, 15) is 9.59 Å². The molecule has 0 radical (unpaired) electrons. The van der Waals surface area contributed by atoms with Crippen molar-refractivity contribution in [1.82, 2.24) is 0 Å². The summed E-state index contributed by atoms with van der Waals surface area (Å²) in [6.45, 7) is -0.256. The van der Waals surface area contributed by atoms with E-state index in [4.69, 9.17) is 25.2 Å². The van der Waals surface area contributed by atoms with Crippen LogP contribution in [-0.4, -0.2) is 32.6 Å². The average Bonchev–Trinajstić information content (AvgIpc) is 2.70. The van der Waals surface area contributed by atoms with Crippen LogP contribution in [0.3, 0.4) is 0 Å². The van der Waals surface area contributed by atoms with Gasteiger partial charge in [0.15, 0.2) is 18.1 Å². The maximum atomic E-state index is 12.2. The van der Waals surface area contributed by atoms with E-state index in [0.717, 1.165) is 0 Å². The maximum absolute atomic E-state index is 12.2. The minimum Gasteiger partial charge on any atom is -0.495 e. The number of hydrogen-bond donors (Lipinski definition) is 2. The highest BCUT2D eigenvalue weighted by Crippen LogP contribution is 2.29. The van der Waals surface area contributed by atoms with Gasteiger partial charge in [-0.05, 0) is 35.9 Å². The van der Waals surface area contributed by atoms with Crippen molar-refractivity contribution in [3.05, 3.63) is 53.6 Å². The number of ether oxygens (including phenoxy) is 3. The third-order valence-corrected chi connectivity index (χ3v) is 3.62. The van der Waals surface area contributed by atoms with Crippen LogP contribution in [0, 0.1) is 11.3 Å². The standard InChI is InChI=1S/C20H19N3O5/c1-26-16-6-4-3-5-15(16)23-19(24)12-28-17-8-7-13(10-18(17)27-2)9-14(11-21)20(22)25/h3-10H,12H2,1-2H3,(H2,22,25)(H,23,24)/b14-9-. The van der Waals surface area contributed by atoms with Crippen molar-refractivity contribution in [1.29, 1.82) is 5.26 Å². The first kappa shape index (κ1) is 20.3. The molecule has 0 spiro atoms. The average molecular weight is 381 g/mol. The predicted molar refractivity (Wildman–Crippen MR) is 103 cm³/mol. The molecule has 0 unspecified atom stereocenters. The molecule has 2 aromatic carbocycles. The fourth-order valence-electron chi connectivity index (χ4n) is 2.30. The number of rotatable bonds is 8. The van der Waals surface area contributed by atoms with Crippen LogP contribution in [0.15, 0.2) is 48.0 Å². The molecule has 8 heteroatoms. The number of methoxy groups -OCH3 is 2. The predicted octanol–water partition coefficient (Wildman–Crippen LogP) is 2.11. The lowest BCUT2D eigenvalue weighted by Gasteiger charge is -2.13. The zero-order chi connectivity index (χ0) is 20.5. The lowest BCUT2D eigenvalue weighted by Crippen LogP contribution is -2.20. The Balaban J connectivity index is 2.09. The summed E-state index contributed by atoms with van der Waals surface area (Å²) in [5.74, 6) is -0.00819. The zero-order valence-electron chi connectivity index (χ0n) is 15.4. The molecule has 0 fully saturated rings. The molecule has 0 aliphatic carbocycles. The summed E-state index contributed by atoms with van der Waals surface area (Å²) in [6, 6.07) is 13.5. The highest BCUT2D eigenvalue weighted by atomic mass is 16.5. The molecule has 0 saturated carbocycles. The lowest BCUT2D eigenvalue weighted by atomic mass is 10.1. The molecule has 2 rings (SSSR count). The van der Waals surface area contributed by atoms with Crippen molar-refractivity contribution >= 4 is 23.6 Å². The molecule has 2 aromatic rings. The normalized spacial score (nSPS) is 10.5. The number of amides is 2. The number of primary amides is 1. The van der Waals surface area contributed by atoms with Crippen molar-refractivity contribution < 1.29 is 23.8 Å². The van der Waals surface area contributed by atoms with Crippen LogP contribution in [0.2, 0.25) is 0 Å². The number of nitrogens with two attached hydrogens (primary N) is 1. The number of nitrogens with zero attached hydrogens (tertiary/aromatic N) is 1. The van der Waals surface area contributed by atoms with Gasteiger partial charge in [-0.2, -0.15) is 5.26 Å². The molecule has 144 valence electrons. The van der Waals surface area contributed by atoms with Gasteiger partial charge < -0.3 is 25.3 Å². The molecule has 8 nitrogen and oxygen atoms in total. The summed E-state index contributed by atoms with van der Waals surface area (Å²) in [7, 11) is 2.95. The molecular formula is C20H19N3O5. The number of nitrogens with one attached hydrogen (secondary N) is 1. The highest BCUT2D eigenvalue weighted by molar-refractivity contribution is 6.00. The summed E-state index contributed by atoms with van der Waals surface area (Å²) in [5, 5.41) is 11.6. The topological polar surface area (TPSA) is 124 Å². The maximum Gasteiger partial charge on any atom is 0.262 e. The Hall–Kier alpha value is -3.99. The quantitative estimate of drug-likeness (QED) is 0.533. The Bertz CT molecular complexity index is 947. The lowest BCUT2D eigenvalue weighted by molar-refractivity contribution is -0.118. The summed E-state index contributed by atoms with van der Waals surface area (Å²) in [6.07, 6.45) is 1.34. The van der Waals surface area contributed by atoms with Crippen molar-refractivity contribution in [2.24, 2.45) is 5.73 Å². The van der Waals surface area contributed by atoms with E-state index < -0.39 is 5.91 Å². The second kappa shape index (κ2) is 9.64. The van der Waals surface area contributed by atoms with E-state index in [1.807, 2.05) is 0 Å². The molecule has 0 aromatic heterocycles. The van der Waals surface area contributed by atoms with Gasteiger partial charge in [0.1, 0.15) is 17.4 Å². The Kier molecular flexibility index (Phi) is 6.99. The Morgan fingerprint density at radius 2 is 1.82 bits per heavy atom. The van der Waals surface area contributed by atoms with E-state index in [0.29, 0.717) is 28.5 Å². The fourth-order valence-corrected chi connectivity index (χ4v) is 2.30. The van der Waals surface area contributed by atoms with Gasteiger partial charge in [-0.15, -0.1) is 0 Å². The minimum atomic E-state index is -0.824. The van der Waals surface area contributed by atoms with E-state index in [-0.39, 0.29) is 18.1 Å². The highest BCUT2D eigenvalue weighted by Gasteiger charge is 2.11. The zero-order valence-corrected chi connectivity index (χ0v) is 15.4. The van der Waals surface area contributed by atoms with Gasteiger partial charge >= 0.3 is 0 Å². The van der Waals surface area contributed by atoms with Crippen LogP contribution in [0.25, 0.3) is 6.08 Å². The van der Waals surface area contributed by atoms with E-state index in [2.05, 4.69) is 5.32 Å². The summed E-state index contributed by atoms with van der Waals surface area (Å²) >= 11 is 0. The van der Waals surface area contributed by atoms with Crippen molar-refractivity contribution in [3.63, 3.8) is 0 Å². The third-order valence-electron chi connectivity index (χ3n) is 3.62. The summed E-state index contributed by atoms with van der Waals surface area (Å²) in [4.78, 5) is 23.3. The molecule has 2 amide bonds. The van der Waals surface area contributed by atoms with E-state index >= 15 is 0 Å². The van der Waals surface area contributed by atoms with E-state index in [1.165, 1.54) is 20.3 Å². The molecular weight excluding hydrogens is 362 g/mol. The molecule has 0 heterocycles. The monoisotopic (exact) mass is 381 g/mol. The molecule has 28 heavy (non-hydrogen) atoms. The molecule has 0 bridgehead atoms. The second-order valence-electron chi connectivity index (χ2n) is 5.48. The van der Waals surface area contributed by atoms with Crippen molar-refractivity contribution in [2.45, 2.75) is 0 Å². The molecule has 0 atom stereocenters.